The van der Waals surface area contributed by atoms with Crippen LogP contribution >= 0.6 is 0 Å². The fraction of sp³-hybridized carbons (Fsp3) is 0.558. The smallest absolute Gasteiger partial charge is 0.410 e. The topological polar surface area (TPSA) is 129 Å². The van der Waals surface area contributed by atoms with Gasteiger partial charge in [0.2, 0.25) is 0 Å². The summed E-state index contributed by atoms with van der Waals surface area (Å²) in [4.78, 5) is 34.2. The average Bonchev–Trinajstić information content (AvgIpc) is 3.67. The van der Waals surface area contributed by atoms with E-state index >= 15 is 0 Å². The van der Waals surface area contributed by atoms with Crippen molar-refractivity contribution in [1.82, 2.24) is 29.5 Å². The molecule has 1 unspecified atom stereocenters. The Morgan fingerprint density at radius 1 is 0.866 bits per heavy atom. The molecule has 1 fully saturated rings. The van der Waals surface area contributed by atoms with Gasteiger partial charge in [-0.3, -0.25) is 0 Å². The van der Waals surface area contributed by atoms with Crippen molar-refractivity contribution in [2.45, 2.75) is 137 Å². The highest BCUT2D eigenvalue weighted by molar-refractivity contribution is 6.74. The van der Waals surface area contributed by atoms with Crippen LogP contribution in [0.25, 0.3) is 5.65 Å². The van der Waals surface area contributed by atoms with Gasteiger partial charge >= 0.3 is 12.1 Å². The Kier molecular flexibility index (Phi) is 16.8. The maximum absolute atomic E-state index is 12.6. The van der Waals surface area contributed by atoms with Crippen molar-refractivity contribution < 1.29 is 28.2 Å². The van der Waals surface area contributed by atoms with Gasteiger partial charge in [0.05, 0.1) is 26.1 Å². The van der Waals surface area contributed by atoms with E-state index < -0.39 is 13.9 Å². The summed E-state index contributed by atoms with van der Waals surface area (Å²) in [7, 11) is 3.23. The minimum atomic E-state index is -1.95. The zero-order valence-electron chi connectivity index (χ0n) is 42.5. The van der Waals surface area contributed by atoms with E-state index in [0.29, 0.717) is 56.1 Å². The zero-order chi connectivity index (χ0) is 48.5. The second-order valence-electron chi connectivity index (χ2n) is 20.6. The third kappa shape index (κ3) is 13.8. The van der Waals surface area contributed by atoms with E-state index in [1.165, 1.54) is 0 Å². The molecule has 1 atom stereocenters. The highest BCUT2D eigenvalue weighted by Gasteiger charge is 2.37. The van der Waals surface area contributed by atoms with Gasteiger partial charge in [-0.25, -0.2) is 19.3 Å². The zero-order valence-corrected chi connectivity index (χ0v) is 43.5. The number of hydrogen-bond acceptors (Lipinski definition) is 12. The number of aromatic nitrogens is 5. The summed E-state index contributed by atoms with van der Waals surface area (Å²) in [5.41, 5.74) is 5.37. The molecule has 2 aromatic carbocycles. The van der Waals surface area contributed by atoms with Gasteiger partial charge in [-0.05, 0) is 118 Å². The van der Waals surface area contributed by atoms with Crippen LogP contribution in [0, 0.1) is 12.8 Å². The summed E-state index contributed by atoms with van der Waals surface area (Å²) in [6.45, 7) is 25.5. The molecule has 15 heteroatoms. The highest BCUT2D eigenvalue weighted by atomic mass is 28.4. The van der Waals surface area contributed by atoms with Crippen molar-refractivity contribution >= 4 is 31.7 Å². The third-order valence-corrected chi connectivity index (χ3v) is 17.5. The second-order valence-corrected chi connectivity index (χ2v) is 25.4. The van der Waals surface area contributed by atoms with Crippen LogP contribution in [0.4, 0.5) is 16.4 Å². The van der Waals surface area contributed by atoms with Crippen molar-refractivity contribution in [3.05, 3.63) is 94.9 Å². The number of pyridine rings is 1. The lowest BCUT2D eigenvalue weighted by atomic mass is 9.96. The number of amides is 1. The molecule has 0 bridgehead atoms. The highest BCUT2D eigenvalue weighted by Crippen LogP contribution is 2.37. The molecule has 6 rings (SSSR count). The molecule has 3 aromatic heterocycles. The number of imidazole rings is 1. The van der Waals surface area contributed by atoms with E-state index in [0.717, 1.165) is 90.5 Å². The number of carbonyl (C=O) groups excluding carboxylic acids is 1. The largest absolute Gasteiger partial charge is 0.497 e. The van der Waals surface area contributed by atoms with Gasteiger partial charge in [0, 0.05) is 65.4 Å². The number of piperidine rings is 1. The van der Waals surface area contributed by atoms with E-state index in [9.17, 15) is 4.79 Å². The lowest BCUT2D eigenvalue weighted by Gasteiger charge is -2.36. The molecular formula is C52H76N8O6Si. The molecule has 4 heterocycles. The molecule has 0 aliphatic carbocycles. The monoisotopic (exact) mass is 937 g/mol. The van der Waals surface area contributed by atoms with Gasteiger partial charge in [-0.2, -0.15) is 4.98 Å². The lowest BCUT2D eigenvalue weighted by Crippen LogP contribution is -2.41. The summed E-state index contributed by atoms with van der Waals surface area (Å²) in [5.74, 6) is 3.66. The Labute approximate surface area is 400 Å². The van der Waals surface area contributed by atoms with Crippen LogP contribution in [0.1, 0.15) is 109 Å². The number of ether oxygens (including phenoxy) is 4. The molecule has 1 aliphatic heterocycles. The maximum atomic E-state index is 12.6. The Morgan fingerprint density at radius 3 is 2.01 bits per heavy atom. The van der Waals surface area contributed by atoms with Crippen LogP contribution < -0.4 is 24.0 Å². The van der Waals surface area contributed by atoms with Gasteiger partial charge in [-0.1, -0.05) is 64.4 Å². The number of aryl methyl sites for hydroxylation is 1. The van der Waals surface area contributed by atoms with Crippen molar-refractivity contribution in [2.24, 2.45) is 5.92 Å². The van der Waals surface area contributed by atoms with Crippen LogP contribution in [0.5, 0.6) is 17.5 Å². The summed E-state index contributed by atoms with van der Waals surface area (Å²) in [6.07, 6.45) is 8.48. The fourth-order valence-corrected chi connectivity index (χ4v) is 9.23. The predicted molar refractivity (Wildman–Crippen MR) is 269 cm³/mol. The number of anilines is 2. The minimum Gasteiger partial charge on any atom is -0.497 e. The maximum Gasteiger partial charge on any atom is 0.410 e. The first-order chi connectivity index (χ1) is 31.7. The molecule has 1 saturated heterocycles. The van der Waals surface area contributed by atoms with Gasteiger partial charge < -0.3 is 38.1 Å². The molecule has 5 aromatic rings. The Bertz CT molecular complexity index is 2320. The first-order valence-electron chi connectivity index (χ1n) is 24.0. The lowest BCUT2D eigenvalue weighted by molar-refractivity contribution is 0.0266. The first-order valence-corrected chi connectivity index (χ1v) is 26.9. The summed E-state index contributed by atoms with van der Waals surface area (Å²) in [5, 5.41) is 5.20. The fourth-order valence-electron chi connectivity index (χ4n) is 8.17. The quantitative estimate of drug-likeness (QED) is 0.0689. The van der Waals surface area contributed by atoms with Crippen LogP contribution in [0.15, 0.2) is 67.0 Å². The van der Waals surface area contributed by atoms with Crippen molar-refractivity contribution in [3.63, 3.8) is 0 Å². The summed E-state index contributed by atoms with van der Waals surface area (Å²) < 4.78 is 31.9. The predicted octanol–water partition coefficient (Wildman–Crippen LogP) is 10.7. The normalized spacial score (nSPS) is 14.3. The Hall–Kier alpha value is -5.41. The molecule has 14 nitrogen and oxygen atoms in total. The van der Waals surface area contributed by atoms with E-state index in [-0.39, 0.29) is 17.2 Å². The van der Waals surface area contributed by atoms with Crippen molar-refractivity contribution in [3.8, 4) is 17.5 Å². The number of benzene rings is 2. The number of fused-ring (bicyclic) bond motifs is 1. The van der Waals surface area contributed by atoms with Gasteiger partial charge in [0.25, 0.3) is 0 Å². The van der Waals surface area contributed by atoms with E-state index in [4.69, 9.17) is 43.4 Å². The Balaban J connectivity index is 1.29. The first kappa shape index (κ1) is 51.0. The SMILES string of the molecule is CCCC(CCO[Si](C)(C)C(C)(C)C)Oc1nc(N(Cc2ccc(OC)cc2)Cc2ccc(OC)cc2)c2ncc(Cc3cnc(N4CCC(CN(C)C(=O)OC(C)(C)C)CC4)c(C)c3)n2n1. The molecule has 0 spiro atoms. The van der Waals surface area contributed by atoms with Crippen LogP contribution in [-0.2, 0) is 28.7 Å². The molecule has 67 heavy (non-hydrogen) atoms. The standard InChI is InChI=1S/C52H76N8O6Si/c1-14-15-45(26-29-64-67(12,13)52(6,7)8)65-49-55-48(59(35-38-16-20-43(62-10)21-17-38)36-39-18-22-44(63-11)23-19-39)47-54-33-42(60(47)56-49)31-41-30-37(2)46(53-32-41)58-27-24-40(25-28-58)34-57(9)50(61)66-51(3,4)5/h16-23,30,32-33,40,45H,14-15,24-29,31,34-36H2,1-13H3. The minimum absolute atomic E-state index is 0.112. The summed E-state index contributed by atoms with van der Waals surface area (Å²) >= 11 is 0. The van der Waals surface area contributed by atoms with Crippen molar-refractivity contribution in [1.29, 1.82) is 0 Å². The molecule has 364 valence electrons. The third-order valence-electron chi connectivity index (χ3n) is 13.0. The van der Waals surface area contributed by atoms with Gasteiger partial charge in [0.15, 0.2) is 19.8 Å². The number of carbonyl (C=O) groups is 1. The van der Waals surface area contributed by atoms with Gasteiger partial charge in [0.1, 0.15) is 29.0 Å². The van der Waals surface area contributed by atoms with Crippen LogP contribution in [0.3, 0.4) is 0 Å². The molecule has 0 radical (unpaired) electrons. The van der Waals surface area contributed by atoms with E-state index in [1.54, 1.807) is 19.1 Å². The van der Waals surface area contributed by atoms with E-state index in [1.807, 2.05) is 69.0 Å². The summed E-state index contributed by atoms with van der Waals surface area (Å²) in [6, 6.07) is 18.8. The second kappa shape index (κ2) is 22.1. The van der Waals surface area contributed by atoms with Crippen molar-refractivity contribution in [2.75, 3.05) is 57.3 Å². The molecule has 1 aliphatic rings. The average molecular weight is 937 g/mol. The Morgan fingerprint density at radius 2 is 1.48 bits per heavy atom. The number of rotatable bonds is 20. The number of nitrogens with zero attached hydrogens (tertiary/aromatic N) is 8. The van der Waals surface area contributed by atoms with Crippen LogP contribution in [0.2, 0.25) is 18.1 Å². The van der Waals surface area contributed by atoms with Gasteiger partial charge in [-0.15, -0.1) is 5.10 Å². The molecule has 1 amide bonds. The number of hydrogen-bond donors (Lipinski definition) is 0. The van der Waals surface area contributed by atoms with Crippen LogP contribution in [-0.4, -0.2) is 103 Å². The number of methoxy groups -OCH3 is 2. The van der Waals surface area contributed by atoms with E-state index in [2.05, 4.69) is 87.8 Å². The molecule has 0 N–H and O–H groups in total. The molecule has 0 saturated carbocycles. The molecular weight excluding hydrogens is 861 g/mol.